The summed E-state index contributed by atoms with van der Waals surface area (Å²) in [6.07, 6.45) is 1.91. The molecular weight excluding hydrogens is 342 g/mol. The minimum atomic E-state index is -0.430. The quantitative estimate of drug-likeness (QED) is 0.752. The lowest BCUT2D eigenvalue weighted by Crippen LogP contribution is -2.23. The summed E-state index contributed by atoms with van der Waals surface area (Å²) in [6.45, 7) is 1.98. The van der Waals surface area contributed by atoms with Gasteiger partial charge in [-0.25, -0.2) is 0 Å². The van der Waals surface area contributed by atoms with E-state index in [9.17, 15) is 20.0 Å². The molecule has 0 heterocycles. The number of methoxy groups -OCH3 is 1. The van der Waals surface area contributed by atoms with Crippen LogP contribution in [-0.4, -0.2) is 23.8 Å². The zero-order valence-electron chi connectivity index (χ0n) is 15.0. The number of benzene rings is 2. The van der Waals surface area contributed by atoms with E-state index in [1.807, 2.05) is 6.92 Å². The van der Waals surface area contributed by atoms with Crippen LogP contribution in [0, 0.1) is 11.3 Å². The van der Waals surface area contributed by atoms with E-state index in [0.717, 1.165) is 12.0 Å². The van der Waals surface area contributed by atoms with Gasteiger partial charge in [0.05, 0.1) is 29.9 Å². The van der Waals surface area contributed by atoms with Crippen LogP contribution in [-0.2, 0) is 6.42 Å². The number of phenols is 1. The molecule has 0 spiro atoms. The van der Waals surface area contributed by atoms with Crippen LogP contribution >= 0.6 is 0 Å². The van der Waals surface area contributed by atoms with E-state index in [1.165, 1.54) is 7.11 Å². The Bertz CT molecular complexity index is 1100. The highest BCUT2D eigenvalue weighted by atomic mass is 16.5. The smallest absolute Gasteiger partial charge is 0.201 e. The number of phenolic OH excluding ortho intramolecular Hbond substituents is 1. The van der Waals surface area contributed by atoms with Crippen molar-refractivity contribution in [3.8, 4) is 17.6 Å². The number of hydrogen-bond acceptors (Lipinski definition) is 5. The fraction of sp³-hybridized carbons (Fsp3) is 0.227. The molecule has 1 N–H and O–H groups in total. The molecule has 5 heteroatoms. The number of allylic oxidation sites excluding steroid dienone is 2. The van der Waals surface area contributed by atoms with Crippen molar-refractivity contribution in [2.75, 3.05) is 7.11 Å². The minimum absolute atomic E-state index is 0.00740. The average Bonchev–Trinajstić information content (AvgIpc) is 2.70. The van der Waals surface area contributed by atoms with Gasteiger partial charge in [0.15, 0.2) is 5.78 Å². The van der Waals surface area contributed by atoms with Gasteiger partial charge in [0.25, 0.3) is 0 Å². The topological polar surface area (TPSA) is 87.4 Å². The molecular formula is C22H17NO4. The van der Waals surface area contributed by atoms with Gasteiger partial charge in [-0.05, 0) is 37.0 Å². The summed E-state index contributed by atoms with van der Waals surface area (Å²) in [4.78, 5) is 26.2. The lowest BCUT2D eigenvalue weighted by molar-refractivity contribution is 0.0974. The molecule has 0 unspecified atom stereocenters. The fourth-order valence-electron chi connectivity index (χ4n) is 4.07. The third-order valence-corrected chi connectivity index (χ3v) is 5.43. The van der Waals surface area contributed by atoms with E-state index in [-0.39, 0.29) is 33.8 Å². The summed E-state index contributed by atoms with van der Waals surface area (Å²) in [6, 6.07) is 8.66. The van der Waals surface area contributed by atoms with Crippen molar-refractivity contribution in [2.45, 2.75) is 26.2 Å². The van der Waals surface area contributed by atoms with Crippen LogP contribution < -0.4 is 4.74 Å². The fourth-order valence-corrected chi connectivity index (χ4v) is 4.07. The molecule has 0 radical (unpaired) electrons. The van der Waals surface area contributed by atoms with E-state index in [2.05, 4.69) is 6.07 Å². The molecule has 0 saturated carbocycles. The van der Waals surface area contributed by atoms with Gasteiger partial charge in [-0.3, -0.25) is 9.59 Å². The molecule has 2 aromatic carbocycles. The predicted molar refractivity (Wildman–Crippen MR) is 99.1 cm³/mol. The van der Waals surface area contributed by atoms with Gasteiger partial charge in [-0.15, -0.1) is 0 Å². The molecule has 0 fully saturated rings. The molecule has 4 rings (SSSR count). The van der Waals surface area contributed by atoms with Crippen LogP contribution in [0.5, 0.6) is 11.5 Å². The number of carbonyl (C=O) groups is 2. The van der Waals surface area contributed by atoms with Gasteiger partial charge in [-0.1, -0.05) is 24.6 Å². The normalized spacial score (nSPS) is 15.0. The molecule has 2 aromatic rings. The third-order valence-electron chi connectivity index (χ3n) is 5.43. The molecule has 0 aliphatic heterocycles. The summed E-state index contributed by atoms with van der Waals surface area (Å²) in [5, 5.41) is 20.5. The molecule has 0 bridgehead atoms. The van der Waals surface area contributed by atoms with Crippen molar-refractivity contribution in [2.24, 2.45) is 0 Å². The molecule has 2 aliphatic rings. The first-order valence-corrected chi connectivity index (χ1v) is 8.81. The largest absolute Gasteiger partial charge is 0.507 e. The molecule has 2 aliphatic carbocycles. The van der Waals surface area contributed by atoms with Crippen molar-refractivity contribution in [3.05, 3.63) is 63.2 Å². The maximum Gasteiger partial charge on any atom is 0.201 e. The monoisotopic (exact) mass is 359 g/mol. The van der Waals surface area contributed by atoms with Crippen LogP contribution in [0.3, 0.4) is 0 Å². The second kappa shape index (κ2) is 6.10. The van der Waals surface area contributed by atoms with Crippen molar-refractivity contribution in [3.63, 3.8) is 0 Å². The number of carbonyl (C=O) groups excluding carboxylic acids is 2. The SMILES string of the molecule is CCC1=C(C#N)c2cc3c(c(O)c2CC1)C(=O)c1c(OC)cccc1C3=O. The van der Waals surface area contributed by atoms with Gasteiger partial charge >= 0.3 is 0 Å². The standard InChI is InChI=1S/C22H17NO4/c1-3-11-7-8-12-14(16(11)10-23)9-15-19(21(12)25)22(26)18-13(20(15)24)5-4-6-17(18)27-2/h4-6,9,25H,3,7-8H2,1-2H3. The number of hydrogen-bond donors (Lipinski definition) is 1. The predicted octanol–water partition coefficient (Wildman–Crippen LogP) is 3.81. The van der Waals surface area contributed by atoms with Gasteiger partial charge in [-0.2, -0.15) is 5.26 Å². The van der Waals surface area contributed by atoms with E-state index in [1.54, 1.807) is 24.3 Å². The van der Waals surface area contributed by atoms with Gasteiger partial charge in [0, 0.05) is 16.7 Å². The number of ketones is 2. The third kappa shape index (κ3) is 2.23. The summed E-state index contributed by atoms with van der Waals surface area (Å²) < 4.78 is 5.26. The Morgan fingerprint density at radius 2 is 1.89 bits per heavy atom. The first-order chi connectivity index (χ1) is 13.0. The Hall–Kier alpha value is -3.39. The number of nitriles is 1. The Labute approximate surface area is 156 Å². The highest BCUT2D eigenvalue weighted by molar-refractivity contribution is 6.30. The summed E-state index contributed by atoms with van der Waals surface area (Å²) in [5.74, 6) is -0.668. The Morgan fingerprint density at radius 1 is 1.11 bits per heavy atom. The molecule has 5 nitrogen and oxygen atoms in total. The molecule has 0 aromatic heterocycles. The Kier molecular flexibility index (Phi) is 3.85. The number of fused-ring (bicyclic) bond motifs is 3. The summed E-state index contributed by atoms with van der Waals surface area (Å²) >= 11 is 0. The van der Waals surface area contributed by atoms with Crippen LogP contribution in [0.2, 0.25) is 0 Å². The van der Waals surface area contributed by atoms with Gasteiger partial charge in [0.1, 0.15) is 11.5 Å². The van der Waals surface area contributed by atoms with Crippen LogP contribution in [0.25, 0.3) is 5.57 Å². The van der Waals surface area contributed by atoms with Crippen LogP contribution in [0.15, 0.2) is 29.8 Å². The number of nitrogens with zero attached hydrogens (tertiary/aromatic N) is 1. The Balaban J connectivity index is 2.04. The highest BCUT2D eigenvalue weighted by Crippen LogP contribution is 2.44. The summed E-state index contributed by atoms with van der Waals surface area (Å²) in [5.41, 5.74) is 3.19. The van der Waals surface area contributed by atoms with E-state index in [0.29, 0.717) is 35.3 Å². The van der Waals surface area contributed by atoms with E-state index < -0.39 is 5.78 Å². The maximum atomic E-state index is 13.1. The van der Waals surface area contributed by atoms with Gasteiger partial charge in [0.2, 0.25) is 5.78 Å². The highest BCUT2D eigenvalue weighted by Gasteiger charge is 2.37. The molecule has 0 atom stereocenters. The molecule has 0 saturated heterocycles. The van der Waals surface area contributed by atoms with Crippen molar-refractivity contribution in [1.29, 1.82) is 5.26 Å². The molecule has 27 heavy (non-hydrogen) atoms. The molecule has 134 valence electrons. The zero-order chi connectivity index (χ0) is 19.3. The van der Waals surface area contributed by atoms with Crippen molar-refractivity contribution >= 4 is 17.1 Å². The maximum absolute atomic E-state index is 13.1. The summed E-state index contributed by atoms with van der Waals surface area (Å²) in [7, 11) is 1.44. The molecule has 0 amide bonds. The second-order valence-electron chi connectivity index (χ2n) is 6.66. The minimum Gasteiger partial charge on any atom is -0.507 e. The van der Waals surface area contributed by atoms with Crippen molar-refractivity contribution < 1.29 is 19.4 Å². The van der Waals surface area contributed by atoms with Crippen molar-refractivity contribution in [1.82, 2.24) is 0 Å². The number of rotatable bonds is 2. The second-order valence-corrected chi connectivity index (χ2v) is 6.66. The lowest BCUT2D eigenvalue weighted by Gasteiger charge is -2.26. The van der Waals surface area contributed by atoms with Crippen LogP contribution in [0.4, 0.5) is 0 Å². The lowest BCUT2D eigenvalue weighted by atomic mass is 9.76. The first-order valence-electron chi connectivity index (χ1n) is 8.81. The number of ether oxygens (including phenoxy) is 1. The number of aromatic hydroxyl groups is 1. The Morgan fingerprint density at radius 3 is 2.56 bits per heavy atom. The van der Waals surface area contributed by atoms with Gasteiger partial charge < -0.3 is 9.84 Å². The first kappa shape index (κ1) is 17.0. The van der Waals surface area contributed by atoms with E-state index in [4.69, 9.17) is 4.74 Å². The van der Waals surface area contributed by atoms with Crippen LogP contribution in [0.1, 0.15) is 62.7 Å². The zero-order valence-corrected chi connectivity index (χ0v) is 15.0. The van der Waals surface area contributed by atoms with E-state index >= 15 is 0 Å². The average molecular weight is 359 g/mol.